The molecular weight excluding hydrogens is 360 g/mol. The topological polar surface area (TPSA) is 17.8 Å². The predicted molar refractivity (Wildman–Crippen MR) is 113 cm³/mol. The average Bonchev–Trinajstić information content (AvgIpc) is 3.19. The quantitative estimate of drug-likeness (QED) is 0.359. The maximum atomic E-state index is 5.99. The number of benzene rings is 2. The molecule has 0 spiro atoms. The number of halogens is 1. The second-order valence-corrected chi connectivity index (χ2v) is 8.11. The van der Waals surface area contributed by atoms with Gasteiger partial charge >= 0.3 is 0 Å². The summed E-state index contributed by atoms with van der Waals surface area (Å²) in [5.41, 5.74) is 2.77. The van der Waals surface area contributed by atoms with Gasteiger partial charge in [0.05, 0.1) is 6.33 Å². The van der Waals surface area contributed by atoms with Gasteiger partial charge in [0.1, 0.15) is 0 Å². The highest BCUT2D eigenvalue weighted by Crippen LogP contribution is 2.36. The van der Waals surface area contributed by atoms with Crippen LogP contribution in [0, 0.1) is 0 Å². The third-order valence-electron chi connectivity index (χ3n) is 4.48. The standard InChI is InChI=1S/C22H25ClN2S/c23-21-12-10-19(11-13-21)17-26-22(20-7-3-1-4-8-20)9-5-2-6-15-25-16-14-24-18-25/h1,3-4,7-8,10-14,16,18,22H,2,5-6,9,15,17H2. The molecule has 0 aliphatic carbocycles. The minimum atomic E-state index is 0.542. The first kappa shape index (κ1) is 19.1. The van der Waals surface area contributed by atoms with Crippen LogP contribution in [0.5, 0.6) is 0 Å². The summed E-state index contributed by atoms with van der Waals surface area (Å²) in [7, 11) is 0. The van der Waals surface area contributed by atoms with Crippen LogP contribution in [0.15, 0.2) is 73.3 Å². The minimum Gasteiger partial charge on any atom is -0.337 e. The molecule has 0 amide bonds. The van der Waals surface area contributed by atoms with Crippen molar-refractivity contribution in [3.05, 3.63) is 89.5 Å². The van der Waals surface area contributed by atoms with Gasteiger partial charge in [-0.15, -0.1) is 11.8 Å². The molecule has 0 aliphatic heterocycles. The molecule has 0 N–H and O–H groups in total. The van der Waals surface area contributed by atoms with Crippen LogP contribution in [-0.2, 0) is 12.3 Å². The van der Waals surface area contributed by atoms with Gasteiger partial charge in [0.25, 0.3) is 0 Å². The minimum absolute atomic E-state index is 0.542. The molecule has 0 saturated carbocycles. The fourth-order valence-corrected chi connectivity index (χ4v) is 4.41. The Hall–Kier alpha value is -1.71. The van der Waals surface area contributed by atoms with E-state index in [2.05, 4.69) is 52.0 Å². The summed E-state index contributed by atoms with van der Waals surface area (Å²) in [5, 5.41) is 1.34. The molecule has 3 aromatic rings. The molecular formula is C22H25ClN2S. The van der Waals surface area contributed by atoms with Gasteiger partial charge in [-0.3, -0.25) is 0 Å². The van der Waals surface area contributed by atoms with E-state index >= 15 is 0 Å². The van der Waals surface area contributed by atoms with Gasteiger partial charge in [0, 0.05) is 35.0 Å². The van der Waals surface area contributed by atoms with E-state index in [0.29, 0.717) is 5.25 Å². The summed E-state index contributed by atoms with van der Waals surface area (Å²) in [6, 6.07) is 19.1. The molecule has 2 aromatic carbocycles. The van der Waals surface area contributed by atoms with Gasteiger partial charge < -0.3 is 4.57 Å². The summed E-state index contributed by atoms with van der Waals surface area (Å²) in [6.07, 6.45) is 10.7. The molecule has 0 saturated heterocycles. The maximum Gasteiger partial charge on any atom is 0.0945 e. The van der Waals surface area contributed by atoms with Crippen molar-refractivity contribution >= 4 is 23.4 Å². The highest BCUT2D eigenvalue weighted by molar-refractivity contribution is 7.98. The Bertz CT molecular complexity index is 742. The Morgan fingerprint density at radius 1 is 0.962 bits per heavy atom. The van der Waals surface area contributed by atoms with Crippen molar-refractivity contribution in [2.75, 3.05) is 0 Å². The van der Waals surface area contributed by atoms with E-state index in [-0.39, 0.29) is 0 Å². The van der Waals surface area contributed by atoms with E-state index in [4.69, 9.17) is 11.6 Å². The lowest BCUT2D eigenvalue weighted by Gasteiger charge is -2.17. The molecule has 1 unspecified atom stereocenters. The van der Waals surface area contributed by atoms with Crippen LogP contribution in [-0.4, -0.2) is 9.55 Å². The Balaban J connectivity index is 1.49. The second kappa shape index (κ2) is 10.4. The zero-order valence-corrected chi connectivity index (χ0v) is 16.5. The maximum absolute atomic E-state index is 5.99. The first-order valence-corrected chi connectivity index (χ1v) is 10.6. The van der Waals surface area contributed by atoms with Crippen LogP contribution in [0.2, 0.25) is 5.02 Å². The second-order valence-electron chi connectivity index (χ2n) is 6.49. The zero-order valence-electron chi connectivity index (χ0n) is 14.9. The van der Waals surface area contributed by atoms with Crippen molar-refractivity contribution in [2.24, 2.45) is 0 Å². The van der Waals surface area contributed by atoms with E-state index in [1.54, 1.807) is 0 Å². The van der Waals surface area contributed by atoms with Crippen LogP contribution in [0.1, 0.15) is 42.1 Å². The molecule has 0 radical (unpaired) electrons. The van der Waals surface area contributed by atoms with Gasteiger partial charge in [-0.05, 0) is 36.1 Å². The fourth-order valence-electron chi connectivity index (χ4n) is 3.01. The molecule has 136 valence electrons. The van der Waals surface area contributed by atoms with E-state index in [1.165, 1.54) is 36.8 Å². The molecule has 4 heteroatoms. The highest BCUT2D eigenvalue weighted by Gasteiger charge is 2.12. The van der Waals surface area contributed by atoms with Gasteiger partial charge in [-0.25, -0.2) is 4.98 Å². The summed E-state index contributed by atoms with van der Waals surface area (Å²) in [4.78, 5) is 4.10. The number of hydrogen-bond acceptors (Lipinski definition) is 2. The lowest BCUT2D eigenvalue weighted by Crippen LogP contribution is -1.98. The molecule has 26 heavy (non-hydrogen) atoms. The van der Waals surface area contributed by atoms with E-state index in [0.717, 1.165) is 17.3 Å². The van der Waals surface area contributed by atoms with E-state index in [9.17, 15) is 0 Å². The summed E-state index contributed by atoms with van der Waals surface area (Å²) < 4.78 is 2.16. The first-order valence-electron chi connectivity index (χ1n) is 9.18. The zero-order chi connectivity index (χ0) is 18.0. The van der Waals surface area contributed by atoms with Crippen LogP contribution < -0.4 is 0 Å². The number of imidazole rings is 1. The lowest BCUT2D eigenvalue weighted by molar-refractivity contribution is 0.569. The van der Waals surface area contributed by atoms with Gasteiger partial charge in [0.15, 0.2) is 0 Å². The average molecular weight is 385 g/mol. The van der Waals surface area contributed by atoms with Crippen molar-refractivity contribution in [2.45, 2.75) is 43.2 Å². The van der Waals surface area contributed by atoms with Gasteiger partial charge in [-0.2, -0.15) is 0 Å². The fraction of sp³-hybridized carbons (Fsp3) is 0.318. The van der Waals surface area contributed by atoms with Crippen LogP contribution in [0.3, 0.4) is 0 Å². The van der Waals surface area contributed by atoms with Crippen LogP contribution >= 0.6 is 23.4 Å². The number of aryl methyl sites for hydroxylation is 1. The monoisotopic (exact) mass is 384 g/mol. The molecule has 2 nitrogen and oxygen atoms in total. The SMILES string of the molecule is Clc1ccc(CSC(CCCCCn2ccnc2)c2ccccc2)cc1. The Morgan fingerprint density at radius 2 is 1.77 bits per heavy atom. The van der Waals surface area contributed by atoms with Gasteiger partial charge in [0.2, 0.25) is 0 Å². The number of unbranched alkanes of at least 4 members (excludes halogenated alkanes) is 2. The molecule has 0 bridgehead atoms. The lowest BCUT2D eigenvalue weighted by atomic mass is 10.1. The molecule has 1 heterocycles. The number of aromatic nitrogens is 2. The van der Waals surface area contributed by atoms with E-state index in [1.807, 2.05) is 42.6 Å². The largest absolute Gasteiger partial charge is 0.337 e. The van der Waals surface area contributed by atoms with Gasteiger partial charge in [-0.1, -0.05) is 66.9 Å². The van der Waals surface area contributed by atoms with Crippen LogP contribution in [0.25, 0.3) is 0 Å². The van der Waals surface area contributed by atoms with Crippen molar-refractivity contribution < 1.29 is 0 Å². The number of rotatable bonds is 10. The molecule has 0 aliphatic rings. The highest BCUT2D eigenvalue weighted by atomic mass is 35.5. The third kappa shape index (κ3) is 6.22. The Labute approximate surface area is 165 Å². The normalized spacial score (nSPS) is 12.2. The Kier molecular flexibility index (Phi) is 7.66. The van der Waals surface area contributed by atoms with Crippen molar-refractivity contribution in [1.82, 2.24) is 9.55 Å². The molecule has 3 rings (SSSR count). The van der Waals surface area contributed by atoms with Crippen molar-refractivity contribution in [3.63, 3.8) is 0 Å². The molecule has 1 atom stereocenters. The number of nitrogens with zero attached hydrogens (tertiary/aromatic N) is 2. The summed E-state index contributed by atoms with van der Waals surface area (Å²) in [5.74, 6) is 1.02. The predicted octanol–water partition coefficient (Wildman–Crippen LogP) is 6.77. The van der Waals surface area contributed by atoms with Crippen molar-refractivity contribution in [3.8, 4) is 0 Å². The molecule has 1 aromatic heterocycles. The first-order chi connectivity index (χ1) is 12.8. The summed E-state index contributed by atoms with van der Waals surface area (Å²) in [6.45, 7) is 1.06. The molecule has 0 fully saturated rings. The Morgan fingerprint density at radius 3 is 2.50 bits per heavy atom. The van der Waals surface area contributed by atoms with Crippen LogP contribution in [0.4, 0.5) is 0 Å². The third-order valence-corrected chi connectivity index (χ3v) is 6.14. The van der Waals surface area contributed by atoms with Crippen molar-refractivity contribution in [1.29, 1.82) is 0 Å². The number of thioether (sulfide) groups is 1. The summed E-state index contributed by atoms with van der Waals surface area (Å²) >= 11 is 8.02. The smallest absolute Gasteiger partial charge is 0.0945 e. The number of hydrogen-bond donors (Lipinski definition) is 0. The van der Waals surface area contributed by atoms with E-state index < -0.39 is 0 Å².